The largest absolute Gasteiger partial charge is 0.574 e. The van der Waals surface area contributed by atoms with Crippen LogP contribution in [-0.2, 0) is 21.8 Å². The summed E-state index contributed by atoms with van der Waals surface area (Å²) >= 11 is 0. The Labute approximate surface area is 118 Å². The van der Waals surface area contributed by atoms with Gasteiger partial charge in [-0.05, 0) is 6.07 Å². The van der Waals surface area contributed by atoms with Crippen molar-refractivity contribution in [1.82, 2.24) is 4.98 Å². The molecule has 0 aromatic carbocycles. The van der Waals surface area contributed by atoms with Crippen LogP contribution in [0.2, 0.25) is 0 Å². The number of nitrogens with zero attached hydrogens (tertiary/aromatic N) is 1. The summed E-state index contributed by atoms with van der Waals surface area (Å²) in [5, 5.41) is -1.44. The summed E-state index contributed by atoms with van der Waals surface area (Å²) in [6.07, 6.45) is -10.6. The highest BCUT2D eigenvalue weighted by atomic mass is 35.7. The van der Waals surface area contributed by atoms with E-state index in [2.05, 4.69) is 9.72 Å². The van der Waals surface area contributed by atoms with Gasteiger partial charge in [-0.1, -0.05) is 0 Å². The third-order valence-electron chi connectivity index (χ3n) is 2.03. The zero-order chi connectivity index (χ0) is 16.6. The van der Waals surface area contributed by atoms with Gasteiger partial charge in [0.15, 0.2) is 5.03 Å². The monoisotopic (exact) mass is 358 g/mol. The average Bonchev–Trinajstić information content (AvgIpc) is 2.23. The minimum atomic E-state index is -5.39. The molecule has 0 atom stereocenters. The highest BCUT2D eigenvalue weighted by molar-refractivity contribution is 8.13. The van der Waals surface area contributed by atoms with Gasteiger partial charge in [-0.15, -0.1) is 13.2 Å². The molecule has 2 N–H and O–H groups in total. The molecule has 21 heavy (non-hydrogen) atoms. The van der Waals surface area contributed by atoms with Gasteiger partial charge in [0.25, 0.3) is 9.05 Å². The zero-order valence-electron chi connectivity index (χ0n) is 9.59. The van der Waals surface area contributed by atoms with Gasteiger partial charge < -0.3 is 10.5 Å². The molecule has 0 unspecified atom stereocenters. The second-order valence-electron chi connectivity index (χ2n) is 3.48. The molecular weight excluding hydrogens is 354 g/mol. The lowest BCUT2D eigenvalue weighted by atomic mass is 10.1. The summed E-state index contributed by atoms with van der Waals surface area (Å²) in [6, 6.07) is -0.0201. The molecule has 0 bridgehead atoms. The molecule has 13 heteroatoms. The van der Waals surface area contributed by atoms with Crippen molar-refractivity contribution in [2.75, 3.05) is 0 Å². The third kappa shape index (κ3) is 4.61. The first kappa shape index (κ1) is 17.8. The zero-order valence-corrected chi connectivity index (χ0v) is 11.2. The maximum Gasteiger partial charge on any atom is 0.574 e. The van der Waals surface area contributed by atoms with E-state index >= 15 is 0 Å². The van der Waals surface area contributed by atoms with Crippen LogP contribution in [0.15, 0.2) is 11.1 Å². The van der Waals surface area contributed by atoms with Crippen molar-refractivity contribution >= 4 is 19.7 Å². The minimum Gasteiger partial charge on any atom is -0.387 e. The molecule has 0 amide bonds. The minimum absolute atomic E-state index is 0.0201. The fraction of sp³-hybridized carbons (Fsp3) is 0.375. The summed E-state index contributed by atoms with van der Waals surface area (Å²) in [5.74, 6) is -1.63. The second kappa shape index (κ2) is 5.50. The van der Waals surface area contributed by atoms with Crippen LogP contribution in [0, 0.1) is 0 Å². The number of ether oxygens (including phenoxy) is 1. The van der Waals surface area contributed by atoms with Crippen LogP contribution in [0.3, 0.4) is 0 Å². The van der Waals surface area contributed by atoms with E-state index in [-0.39, 0.29) is 6.07 Å². The number of pyridine rings is 1. The van der Waals surface area contributed by atoms with Crippen molar-refractivity contribution in [2.45, 2.75) is 24.1 Å². The lowest BCUT2D eigenvalue weighted by Crippen LogP contribution is -2.23. The Morgan fingerprint density at radius 3 is 2.10 bits per heavy atom. The van der Waals surface area contributed by atoms with Crippen molar-refractivity contribution in [1.29, 1.82) is 0 Å². The van der Waals surface area contributed by atoms with E-state index in [0.29, 0.717) is 0 Å². The van der Waals surface area contributed by atoms with Gasteiger partial charge in [-0.3, -0.25) is 0 Å². The Hall–Kier alpha value is -1.27. The molecule has 1 rings (SSSR count). The van der Waals surface area contributed by atoms with Crippen molar-refractivity contribution in [3.05, 3.63) is 17.2 Å². The first-order chi connectivity index (χ1) is 9.25. The summed E-state index contributed by atoms with van der Waals surface area (Å²) < 4.78 is 100.0. The van der Waals surface area contributed by atoms with Crippen LogP contribution >= 0.6 is 10.7 Å². The predicted octanol–water partition coefficient (Wildman–Crippen LogP) is 2.39. The quantitative estimate of drug-likeness (QED) is 0.662. The molecule has 0 aliphatic carbocycles. The molecule has 0 spiro atoms. The van der Waals surface area contributed by atoms with E-state index in [1.807, 2.05) is 0 Å². The molecule has 1 aromatic rings. The average molecular weight is 359 g/mol. The highest BCUT2D eigenvalue weighted by Crippen LogP contribution is 2.38. The van der Waals surface area contributed by atoms with Gasteiger partial charge in [-0.2, -0.15) is 18.2 Å². The third-order valence-corrected chi connectivity index (χ3v) is 3.22. The Kier molecular flexibility index (Phi) is 4.65. The number of aromatic nitrogens is 1. The summed E-state index contributed by atoms with van der Waals surface area (Å²) in [7, 11) is -0.0220. The van der Waals surface area contributed by atoms with E-state index in [1.54, 1.807) is 0 Å². The molecule has 0 fully saturated rings. The molecule has 0 aliphatic heterocycles. The van der Waals surface area contributed by atoms with Crippen molar-refractivity contribution < 1.29 is 39.5 Å². The van der Waals surface area contributed by atoms with E-state index in [0.717, 1.165) is 0 Å². The van der Waals surface area contributed by atoms with E-state index in [1.165, 1.54) is 0 Å². The van der Waals surface area contributed by atoms with Crippen molar-refractivity contribution in [3.8, 4) is 5.88 Å². The maximum atomic E-state index is 12.8. The van der Waals surface area contributed by atoms with E-state index in [4.69, 9.17) is 16.4 Å². The molecule has 0 aliphatic rings. The van der Waals surface area contributed by atoms with Crippen molar-refractivity contribution in [2.24, 2.45) is 5.73 Å². The topological polar surface area (TPSA) is 82.3 Å². The standard InChI is InChI=1S/C8H5ClF6N2O3S/c9-21(18,19)5-1-4(7(10,11)12)3(2-16)6(17-5)20-8(13,14)15/h1H,2,16H2. The summed E-state index contributed by atoms with van der Waals surface area (Å²) in [6.45, 7) is -1.02. The highest BCUT2D eigenvalue weighted by Gasteiger charge is 2.40. The Bertz CT molecular complexity index is 643. The summed E-state index contributed by atoms with van der Waals surface area (Å²) in [4.78, 5) is 2.83. The maximum absolute atomic E-state index is 12.8. The first-order valence-corrected chi connectivity index (χ1v) is 7.08. The van der Waals surface area contributed by atoms with Crippen LogP contribution < -0.4 is 10.5 Å². The number of hydrogen-bond donors (Lipinski definition) is 1. The smallest absolute Gasteiger partial charge is 0.387 e. The number of nitrogens with two attached hydrogens (primary N) is 1. The molecule has 120 valence electrons. The lowest BCUT2D eigenvalue weighted by Gasteiger charge is -2.17. The van der Waals surface area contributed by atoms with Crippen molar-refractivity contribution in [3.63, 3.8) is 0 Å². The Morgan fingerprint density at radius 1 is 1.24 bits per heavy atom. The van der Waals surface area contributed by atoms with Gasteiger partial charge in [0, 0.05) is 22.8 Å². The number of rotatable bonds is 3. The van der Waals surface area contributed by atoms with Crippen LogP contribution in [0.25, 0.3) is 0 Å². The van der Waals surface area contributed by atoms with Crippen LogP contribution in [0.5, 0.6) is 5.88 Å². The van der Waals surface area contributed by atoms with Gasteiger partial charge in [0.2, 0.25) is 5.88 Å². The second-order valence-corrected chi connectivity index (χ2v) is 5.99. The van der Waals surface area contributed by atoms with E-state index in [9.17, 15) is 34.8 Å². The van der Waals surface area contributed by atoms with Crippen LogP contribution in [-0.4, -0.2) is 19.8 Å². The number of alkyl halides is 6. The SMILES string of the molecule is NCc1c(C(F)(F)F)cc(S(=O)(=O)Cl)nc1OC(F)(F)F. The molecule has 1 heterocycles. The first-order valence-electron chi connectivity index (χ1n) is 4.77. The molecule has 0 saturated carbocycles. The molecule has 5 nitrogen and oxygen atoms in total. The van der Waals surface area contributed by atoms with Gasteiger partial charge in [0.05, 0.1) is 5.56 Å². The fourth-order valence-electron chi connectivity index (χ4n) is 1.29. The van der Waals surface area contributed by atoms with Gasteiger partial charge in [0.1, 0.15) is 0 Å². The fourth-order valence-corrected chi connectivity index (χ4v) is 1.98. The Morgan fingerprint density at radius 2 is 1.76 bits per heavy atom. The summed E-state index contributed by atoms with van der Waals surface area (Å²) in [5.41, 5.74) is 2.07. The predicted molar refractivity (Wildman–Crippen MR) is 56.9 cm³/mol. The van der Waals surface area contributed by atoms with Gasteiger partial charge >= 0.3 is 12.5 Å². The molecule has 1 aromatic heterocycles. The molecular formula is C8H5ClF6N2O3S. The van der Waals surface area contributed by atoms with E-state index < -0.39 is 50.2 Å². The number of hydrogen-bond acceptors (Lipinski definition) is 5. The van der Waals surface area contributed by atoms with Crippen LogP contribution in [0.1, 0.15) is 11.1 Å². The normalized spacial score (nSPS) is 13.3. The molecule has 0 saturated heterocycles. The Balaban J connectivity index is 3.68. The molecule has 0 radical (unpaired) electrons. The number of halogens is 7. The van der Waals surface area contributed by atoms with Gasteiger partial charge in [-0.25, -0.2) is 8.42 Å². The lowest BCUT2D eigenvalue weighted by molar-refractivity contribution is -0.276. The van der Waals surface area contributed by atoms with Crippen LogP contribution in [0.4, 0.5) is 26.3 Å².